The molecule has 0 aliphatic rings. The third-order valence-corrected chi connectivity index (χ3v) is 1.54. The first-order valence-corrected chi connectivity index (χ1v) is 3.96. The Morgan fingerprint density at radius 3 is 2.27 bits per heavy atom. The van der Waals surface area contributed by atoms with Crippen LogP contribution >= 0.6 is 0 Å². The minimum absolute atomic E-state index is 0.0594. The molecule has 1 N–H and O–H groups in total. The van der Waals surface area contributed by atoms with E-state index in [1.807, 2.05) is 0 Å². The first-order chi connectivity index (χ1) is 5.04. The van der Waals surface area contributed by atoms with Gasteiger partial charge >= 0.3 is 0 Å². The second-order valence-electron chi connectivity index (χ2n) is 3.71. The van der Waals surface area contributed by atoms with Crippen LogP contribution in [0.4, 0.5) is 0 Å². The molecule has 0 spiro atoms. The zero-order valence-electron chi connectivity index (χ0n) is 7.60. The molecular weight excluding hydrogens is 138 g/mol. The predicted molar refractivity (Wildman–Crippen MR) is 44.5 cm³/mol. The van der Waals surface area contributed by atoms with Gasteiger partial charge in [0.05, 0.1) is 0 Å². The number of hydrogen-bond donors (Lipinski definition) is 1. The van der Waals surface area contributed by atoms with Crippen LogP contribution in [-0.2, 0) is 11.8 Å². The van der Waals surface area contributed by atoms with E-state index in [0.717, 1.165) is 18.1 Å². The van der Waals surface area contributed by atoms with Gasteiger partial charge in [-0.3, -0.25) is 5.10 Å². The first kappa shape index (κ1) is 8.24. The van der Waals surface area contributed by atoms with Gasteiger partial charge in [0.15, 0.2) is 5.82 Å². The van der Waals surface area contributed by atoms with Crippen LogP contribution < -0.4 is 0 Å². The van der Waals surface area contributed by atoms with E-state index in [9.17, 15) is 0 Å². The lowest BCUT2D eigenvalue weighted by molar-refractivity contribution is 0.548. The molecule has 0 saturated heterocycles. The van der Waals surface area contributed by atoms with Crippen molar-refractivity contribution in [2.45, 2.75) is 39.5 Å². The third kappa shape index (κ3) is 1.79. The van der Waals surface area contributed by atoms with Gasteiger partial charge in [0, 0.05) is 11.8 Å². The minimum Gasteiger partial charge on any atom is -0.263 e. The number of nitrogens with zero attached hydrogens (tertiary/aromatic N) is 2. The minimum atomic E-state index is 0.0594. The molecule has 0 aliphatic heterocycles. The van der Waals surface area contributed by atoms with E-state index in [1.165, 1.54) is 0 Å². The average molecular weight is 153 g/mol. The molecule has 1 aromatic rings. The number of hydrogen-bond acceptors (Lipinski definition) is 2. The molecule has 11 heavy (non-hydrogen) atoms. The molecule has 0 radical (unpaired) electrons. The average Bonchev–Trinajstić information content (AvgIpc) is 2.32. The summed E-state index contributed by atoms with van der Waals surface area (Å²) in [6.45, 7) is 8.38. The molecule has 0 bridgehead atoms. The van der Waals surface area contributed by atoms with Crippen LogP contribution in [0.5, 0.6) is 0 Å². The van der Waals surface area contributed by atoms with Gasteiger partial charge in [-0.2, -0.15) is 5.10 Å². The maximum absolute atomic E-state index is 4.33. The van der Waals surface area contributed by atoms with Gasteiger partial charge < -0.3 is 0 Å². The van der Waals surface area contributed by atoms with E-state index < -0.39 is 0 Å². The van der Waals surface area contributed by atoms with Crippen molar-refractivity contribution in [1.82, 2.24) is 15.2 Å². The third-order valence-electron chi connectivity index (χ3n) is 1.54. The van der Waals surface area contributed by atoms with E-state index in [2.05, 4.69) is 42.9 Å². The highest BCUT2D eigenvalue weighted by atomic mass is 15.2. The Morgan fingerprint density at radius 2 is 2.00 bits per heavy atom. The van der Waals surface area contributed by atoms with Gasteiger partial charge in [-0.15, -0.1) is 0 Å². The van der Waals surface area contributed by atoms with Crippen LogP contribution in [-0.4, -0.2) is 15.2 Å². The highest BCUT2D eigenvalue weighted by molar-refractivity contribution is 5.01. The quantitative estimate of drug-likeness (QED) is 0.666. The van der Waals surface area contributed by atoms with Gasteiger partial charge in [0.2, 0.25) is 0 Å². The molecule has 0 unspecified atom stereocenters. The maximum atomic E-state index is 4.33. The fourth-order valence-electron chi connectivity index (χ4n) is 0.789. The molecule has 3 heteroatoms. The summed E-state index contributed by atoms with van der Waals surface area (Å²) in [7, 11) is 0. The summed E-state index contributed by atoms with van der Waals surface area (Å²) < 4.78 is 0. The molecular formula is C8H15N3. The topological polar surface area (TPSA) is 41.6 Å². The Balaban J connectivity index is 2.89. The monoisotopic (exact) mass is 153 g/mol. The Morgan fingerprint density at radius 1 is 1.36 bits per heavy atom. The van der Waals surface area contributed by atoms with Crippen LogP contribution in [0.1, 0.15) is 39.3 Å². The summed E-state index contributed by atoms with van der Waals surface area (Å²) in [5.41, 5.74) is 0.0594. The normalized spacial score (nSPS) is 12.0. The lowest BCUT2D eigenvalue weighted by Gasteiger charge is -2.11. The molecule has 0 atom stereocenters. The Labute approximate surface area is 67.2 Å². The van der Waals surface area contributed by atoms with Crippen LogP contribution in [0.2, 0.25) is 0 Å². The number of rotatable bonds is 1. The summed E-state index contributed by atoms with van der Waals surface area (Å²) in [5, 5.41) is 7.02. The zero-order valence-corrected chi connectivity index (χ0v) is 7.60. The fraction of sp³-hybridized carbons (Fsp3) is 0.750. The second kappa shape index (κ2) is 2.64. The maximum Gasteiger partial charge on any atom is 0.155 e. The summed E-state index contributed by atoms with van der Waals surface area (Å²) in [4.78, 5) is 4.33. The number of nitrogens with one attached hydrogen (secondary N) is 1. The van der Waals surface area contributed by atoms with E-state index in [0.29, 0.717) is 0 Å². The van der Waals surface area contributed by atoms with Gasteiger partial charge in [-0.25, -0.2) is 4.98 Å². The van der Waals surface area contributed by atoms with Crippen LogP contribution in [0.3, 0.4) is 0 Å². The van der Waals surface area contributed by atoms with E-state index >= 15 is 0 Å². The number of H-pyrrole nitrogens is 1. The largest absolute Gasteiger partial charge is 0.263 e. The van der Waals surface area contributed by atoms with Crippen LogP contribution in [0.15, 0.2) is 0 Å². The Bertz CT molecular complexity index is 232. The highest BCUT2D eigenvalue weighted by Crippen LogP contribution is 2.17. The van der Waals surface area contributed by atoms with E-state index in [1.54, 1.807) is 0 Å². The van der Waals surface area contributed by atoms with Crippen molar-refractivity contribution in [3.05, 3.63) is 11.6 Å². The van der Waals surface area contributed by atoms with Crippen LogP contribution in [0.25, 0.3) is 0 Å². The highest BCUT2D eigenvalue weighted by Gasteiger charge is 2.18. The molecule has 3 nitrogen and oxygen atoms in total. The van der Waals surface area contributed by atoms with Gasteiger partial charge in [0.25, 0.3) is 0 Å². The van der Waals surface area contributed by atoms with Gasteiger partial charge in [0.1, 0.15) is 5.82 Å². The first-order valence-electron chi connectivity index (χ1n) is 3.96. The lowest BCUT2D eigenvalue weighted by Crippen LogP contribution is -2.13. The Hall–Kier alpha value is -0.860. The van der Waals surface area contributed by atoms with Crippen molar-refractivity contribution in [2.24, 2.45) is 0 Å². The molecule has 1 aromatic heterocycles. The van der Waals surface area contributed by atoms with Crippen molar-refractivity contribution >= 4 is 0 Å². The molecule has 62 valence electrons. The van der Waals surface area contributed by atoms with Crippen molar-refractivity contribution in [1.29, 1.82) is 0 Å². The number of aryl methyl sites for hydroxylation is 1. The molecule has 0 fully saturated rings. The standard InChI is InChI=1S/C8H15N3/c1-5-6-9-7(11-10-6)8(2,3)4/h5H2,1-4H3,(H,9,10,11). The Kier molecular flexibility index (Phi) is 1.98. The fourth-order valence-corrected chi connectivity index (χ4v) is 0.789. The smallest absolute Gasteiger partial charge is 0.155 e. The van der Waals surface area contributed by atoms with Crippen molar-refractivity contribution in [2.75, 3.05) is 0 Å². The van der Waals surface area contributed by atoms with Crippen molar-refractivity contribution in [3.63, 3.8) is 0 Å². The summed E-state index contributed by atoms with van der Waals surface area (Å²) in [6, 6.07) is 0. The predicted octanol–water partition coefficient (Wildman–Crippen LogP) is 1.66. The van der Waals surface area contributed by atoms with Gasteiger partial charge in [-0.1, -0.05) is 27.7 Å². The molecule has 0 saturated carbocycles. The number of aromatic amines is 1. The zero-order chi connectivity index (χ0) is 8.48. The second-order valence-corrected chi connectivity index (χ2v) is 3.71. The molecule has 1 heterocycles. The molecule has 0 aromatic carbocycles. The van der Waals surface area contributed by atoms with Crippen LogP contribution in [0, 0.1) is 0 Å². The molecule has 0 amide bonds. The van der Waals surface area contributed by atoms with E-state index in [4.69, 9.17) is 0 Å². The summed E-state index contributed by atoms with van der Waals surface area (Å²) in [5.74, 6) is 1.87. The summed E-state index contributed by atoms with van der Waals surface area (Å²) >= 11 is 0. The van der Waals surface area contributed by atoms with Crippen molar-refractivity contribution < 1.29 is 0 Å². The molecule has 1 rings (SSSR count). The van der Waals surface area contributed by atoms with Gasteiger partial charge in [-0.05, 0) is 0 Å². The summed E-state index contributed by atoms with van der Waals surface area (Å²) in [6.07, 6.45) is 0.920. The molecule has 0 aliphatic carbocycles. The van der Waals surface area contributed by atoms with E-state index in [-0.39, 0.29) is 5.41 Å². The SMILES string of the molecule is CCc1nc(C(C)(C)C)n[nH]1. The lowest BCUT2D eigenvalue weighted by atomic mass is 9.96. The number of aromatic nitrogens is 3. The van der Waals surface area contributed by atoms with Crippen molar-refractivity contribution in [3.8, 4) is 0 Å².